The fraction of sp³-hybridized carbons (Fsp3) is 0.310. The number of nitrogen functional groups attached to an aromatic ring is 1. The number of non-ortho nitro benzene ring substituents is 1. The average molecular weight is 599 g/mol. The maximum absolute atomic E-state index is 14.0. The Labute approximate surface area is 246 Å². The first-order chi connectivity index (χ1) is 19.7. The van der Waals surface area contributed by atoms with Crippen LogP contribution in [0.15, 0.2) is 61.1 Å². The summed E-state index contributed by atoms with van der Waals surface area (Å²) in [5, 5.41) is 15.7. The van der Waals surface area contributed by atoms with Gasteiger partial charge in [-0.1, -0.05) is 35.3 Å². The fourth-order valence-electron chi connectivity index (χ4n) is 5.04. The van der Waals surface area contributed by atoms with Crippen molar-refractivity contribution in [2.45, 2.75) is 38.3 Å². The number of benzene rings is 2. The number of likely N-dealkylation sites (tertiary alicyclic amines) is 1. The van der Waals surface area contributed by atoms with Gasteiger partial charge >= 0.3 is 0 Å². The van der Waals surface area contributed by atoms with E-state index in [4.69, 9.17) is 33.7 Å². The molecule has 214 valence electrons. The minimum atomic E-state index is -0.668. The maximum Gasteiger partial charge on any atom is 0.269 e. The number of rotatable bonds is 9. The minimum absolute atomic E-state index is 0.0913. The molecule has 2 N–H and O–H groups in total. The normalized spacial score (nSPS) is 15.1. The summed E-state index contributed by atoms with van der Waals surface area (Å²) in [6, 6.07) is 11.5. The molecule has 2 aromatic carbocycles. The van der Waals surface area contributed by atoms with Crippen LogP contribution >= 0.6 is 23.2 Å². The summed E-state index contributed by atoms with van der Waals surface area (Å²) >= 11 is 12.4. The van der Waals surface area contributed by atoms with E-state index in [2.05, 4.69) is 15.0 Å². The topological polar surface area (TPSA) is 112 Å². The Morgan fingerprint density at radius 3 is 2.59 bits per heavy atom. The van der Waals surface area contributed by atoms with Crippen molar-refractivity contribution in [3.63, 3.8) is 0 Å². The third kappa shape index (κ3) is 6.61. The van der Waals surface area contributed by atoms with Gasteiger partial charge in [-0.25, -0.2) is 9.37 Å². The molecule has 41 heavy (non-hydrogen) atoms. The summed E-state index contributed by atoms with van der Waals surface area (Å²) in [5.41, 5.74) is 9.28. The zero-order valence-electron chi connectivity index (χ0n) is 22.3. The monoisotopic (exact) mass is 598 g/mol. The highest BCUT2D eigenvalue weighted by Gasteiger charge is 2.23. The van der Waals surface area contributed by atoms with Gasteiger partial charge in [0.2, 0.25) is 0 Å². The first kappa shape index (κ1) is 28.8. The molecule has 5 rings (SSSR count). The van der Waals surface area contributed by atoms with Crippen LogP contribution in [0.25, 0.3) is 11.1 Å². The molecule has 4 aromatic rings. The molecule has 0 aliphatic carbocycles. The van der Waals surface area contributed by atoms with Crippen molar-refractivity contribution in [3.05, 3.63) is 98.2 Å². The first-order valence-electron chi connectivity index (χ1n) is 13.3. The van der Waals surface area contributed by atoms with E-state index < -0.39 is 11.9 Å². The van der Waals surface area contributed by atoms with E-state index >= 15 is 0 Å². The lowest BCUT2D eigenvalue weighted by Crippen LogP contribution is -2.36. The number of ether oxygens (including phenoxy) is 1. The Bertz CT molecular complexity index is 1540. The van der Waals surface area contributed by atoms with Crippen molar-refractivity contribution in [3.8, 4) is 16.9 Å². The number of nitro benzene ring substituents is 1. The van der Waals surface area contributed by atoms with Crippen molar-refractivity contribution in [2.24, 2.45) is 0 Å². The van der Waals surface area contributed by atoms with Gasteiger partial charge in [0.05, 0.1) is 22.2 Å². The summed E-state index contributed by atoms with van der Waals surface area (Å²) in [4.78, 5) is 17.2. The lowest BCUT2D eigenvalue weighted by Gasteiger charge is -2.32. The number of hydrogen-bond acceptors (Lipinski definition) is 7. The summed E-state index contributed by atoms with van der Waals surface area (Å²) < 4.78 is 22.1. The van der Waals surface area contributed by atoms with E-state index in [9.17, 15) is 14.5 Å². The molecule has 2 aromatic heterocycles. The Morgan fingerprint density at radius 2 is 1.88 bits per heavy atom. The molecule has 0 saturated carbocycles. The maximum atomic E-state index is 14.0. The molecular formula is C29H29Cl2FN6O3. The van der Waals surface area contributed by atoms with Gasteiger partial charge in [0.1, 0.15) is 11.9 Å². The molecule has 0 spiro atoms. The molecule has 0 amide bonds. The smallest absolute Gasteiger partial charge is 0.269 e. The SMILES string of the molecule is C[C@@H](Oc1cc(-c2cnn(C3CCN(CCc4ccc([N+](=O)[O-])cc4)CC3)c2)cnc1N)c1c(Cl)ccc(F)c1Cl. The number of hydrogen-bond donors (Lipinski definition) is 1. The Kier molecular flexibility index (Phi) is 8.72. The van der Waals surface area contributed by atoms with E-state index in [1.807, 2.05) is 23.0 Å². The molecule has 0 unspecified atom stereocenters. The van der Waals surface area contributed by atoms with Gasteiger partial charge in [0, 0.05) is 65.9 Å². The van der Waals surface area contributed by atoms with Crippen LogP contribution in [0.4, 0.5) is 15.9 Å². The van der Waals surface area contributed by atoms with Crippen LogP contribution in [0.5, 0.6) is 5.75 Å². The van der Waals surface area contributed by atoms with Gasteiger partial charge in [-0.15, -0.1) is 0 Å². The highest BCUT2D eigenvalue weighted by molar-refractivity contribution is 6.36. The number of piperidine rings is 1. The second-order valence-electron chi connectivity index (χ2n) is 10.1. The van der Waals surface area contributed by atoms with Gasteiger partial charge in [-0.3, -0.25) is 14.8 Å². The summed E-state index contributed by atoms with van der Waals surface area (Å²) in [6.45, 7) is 4.50. The molecule has 12 heteroatoms. The highest BCUT2D eigenvalue weighted by atomic mass is 35.5. The molecular weight excluding hydrogens is 570 g/mol. The van der Waals surface area contributed by atoms with E-state index in [1.165, 1.54) is 12.1 Å². The van der Waals surface area contributed by atoms with Crippen molar-refractivity contribution < 1.29 is 14.1 Å². The lowest BCUT2D eigenvalue weighted by molar-refractivity contribution is -0.384. The molecule has 0 radical (unpaired) electrons. The Hall–Kier alpha value is -3.73. The number of pyridine rings is 1. The largest absolute Gasteiger partial charge is 0.482 e. The predicted molar refractivity (Wildman–Crippen MR) is 157 cm³/mol. The lowest BCUT2D eigenvalue weighted by atomic mass is 10.0. The Morgan fingerprint density at radius 1 is 1.15 bits per heavy atom. The van der Waals surface area contributed by atoms with Gasteiger partial charge in [0.15, 0.2) is 11.6 Å². The van der Waals surface area contributed by atoms with Crippen LogP contribution in [-0.4, -0.2) is 44.2 Å². The van der Waals surface area contributed by atoms with Gasteiger partial charge in [-0.2, -0.15) is 5.10 Å². The minimum Gasteiger partial charge on any atom is -0.482 e. The average Bonchev–Trinajstić information content (AvgIpc) is 3.46. The van der Waals surface area contributed by atoms with Gasteiger partial charge in [-0.05, 0) is 49.9 Å². The number of aromatic nitrogens is 3. The second-order valence-corrected chi connectivity index (χ2v) is 10.9. The van der Waals surface area contributed by atoms with Crippen LogP contribution in [0.2, 0.25) is 10.0 Å². The third-order valence-corrected chi connectivity index (χ3v) is 8.12. The molecule has 3 heterocycles. The quantitative estimate of drug-likeness (QED) is 0.127. The molecule has 9 nitrogen and oxygen atoms in total. The number of nitro groups is 1. The van der Waals surface area contributed by atoms with Crippen molar-refractivity contribution in [1.29, 1.82) is 0 Å². The van der Waals surface area contributed by atoms with Crippen molar-refractivity contribution >= 4 is 34.7 Å². The number of nitrogens with two attached hydrogens (primary N) is 1. The van der Waals surface area contributed by atoms with Crippen LogP contribution in [-0.2, 0) is 6.42 Å². The number of anilines is 1. The molecule has 1 aliphatic heterocycles. The first-order valence-corrected chi connectivity index (χ1v) is 14.0. The van der Waals surface area contributed by atoms with E-state index in [-0.39, 0.29) is 27.5 Å². The molecule has 1 fully saturated rings. The van der Waals surface area contributed by atoms with Crippen LogP contribution < -0.4 is 10.5 Å². The molecule has 1 atom stereocenters. The summed E-state index contributed by atoms with van der Waals surface area (Å²) in [5.74, 6) is -0.0534. The summed E-state index contributed by atoms with van der Waals surface area (Å²) in [7, 11) is 0. The van der Waals surface area contributed by atoms with Crippen LogP contribution in [0.3, 0.4) is 0 Å². The zero-order chi connectivity index (χ0) is 29.1. The number of halogens is 3. The van der Waals surface area contributed by atoms with E-state index in [0.717, 1.165) is 55.6 Å². The van der Waals surface area contributed by atoms with Crippen LogP contribution in [0, 0.1) is 15.9 Å². The zero-order valence-corrected chi connectivity index (χ0v) is 23.9. The molecule has 1 aliphatic rings. The van der Waals surface area contributed by atoms with E-state index in [1.54, 1.807) is 37.5 Å². The van der Waals surface area contributed by atoms with E-state index in [0.29, 0.717) is 16.3 Å². The standard InChI is InChI=1S/C29H29Cl2FN6O3/c1-18(27-24(30)6-7-25(32)28(27)31)41-26-14-20(15-34-29(26)33)21-16-35-37(17-21)22-9-12-36(13-10-22)11-8-19-2-4-23(5-3-19)38(39)40/h2-7,14-18,22H,8-13H2,1H3,(H2,33,34)/t18-/m1/s1. The fourth-order valence-corrected chi connectivity index (χ4v) is 5.72. The van der Waals surface area contributed by atoms with Gasteiger partial charge < -0.3 is 15.4 Å². The van der Waals surface area contributed by atoms with Crippen molar-refractivity contribution in [2.75, 3.05) is 25.4 Å². The third-order valence-electron chi connectivity index (χ3n) is 7.40. The van der Waals surface area contributed by atoms with Gasteiger partial charge in [0.25, 0.3) is 5.69 Å². The van der Waals surface area contributed by atoms with Crippen molar-refractivity contribution in [1.82, 2.24) is 19.7 Å². The summed E-state index contributed by atoms with van der Waals surface area (Å²) in [6.07, 6.45) is 7.55. The molecule has 1 saturated heterocycles. The second kappa shape index (κ2) is 12.4. The predicted octanol–water partition coefficient (Wildman–Crippen LogP) is 6.90. The Balaban J connectivity index is 1.19. The van der Waals surface area contributed by atoms with Crippen LogP contribution in [0.1, 0.15) is 43.0 Å². The number of nitrogens with zero attached hydrogens (tertiary/aromatic N) is 5. The highest BCUT2D eigenvalue weighted by Crippen LogP contribution is 2.37. The molecule has 0 bridgehead atoms.